The van der Waals surface area contributed by atoms with Gasteiger partial charge in [0.2, 0.25) is 0 Å². The molecule has 2 saturated heterocycles. The highest BCUT2D eigenvalue weighted by molar-refractivity contribution is 5.92. The van der Waals surface area contributed by atoms with Crippen molar-refractivity contribution in [3.8, 4) is 0 Å². The Hall–Kier alpha value is -1.36. The van der Waals surface area contributed by atoms with E-state index >= 15 is 0 Å². The van der Waals surface area contributed by atoms with Crippen LogP contribution in [0, 0.1) is 0 Å². The number of nitrogens with zero attached hydrogens (tertiary/aromatic N) is 4. The van der Waals surface area contributed by atoms with Crippen LogP contribution in [-0.2, 0) is 6.54 Å². The van der Waals surface area contributed by atoms with Crippen molar-refractivity contribution in [2.45, 2.75) is 38.8 Å². The Balaban J connectivity index is 1.66. The number of fused-ring (bicyclic) bond motifs is 1. The van der Waals surface area contributed by atoms with Gasteiger partial charge in [-0.2, -0.15) is 5.10 Å². The van der Waals surface area contributed by atoms with Crippen LogP contribution in [0.25, 0.3) is 0 Å². The van der Waals surface area contributed by atoms with E-state index in [-0.39, 0.29) is 5.91 Å². The van der Waals surface area contributed by atoms with Crippen molar-refractivity contribution in [3.05, 3.63) is 18.0 Å². The van der Waals surface area contributed by atoms with Crippen LogP contribution in [0.1, 0.15) is 36.7 Å². The summed E-state index contributed by atoms with van der Waals surface area (Å²) in [5.41, 5.74) is 0.597. The van der Waals surface area contributed by atoms with Crippen molar-refractivity contribution in [2.24, 2.45) is 0 Å². The van der Waals surface area contributed by atoms with Crippen molar-refractivity contribution >= 4 is 5.91 Å². The van der Waals surface area contributed by atoms with Gasteiger partial charge in [-0.25, -0.2) is 0 Å². The fourth-order valence-electron chi connectivity index (χ4n) is 3.17. The predicted octanol–water partition coefficient (Wildman–Crippen LogP) is 1.21. The maximum atomic E-state index is 12.4. The smallest absolute Gasteiger partial charge is 0.274 e. The number of piperazine rings is 1. The van der Waals surface area contributed by atoms with Gasteiger partial charge in [-0.1, -0.05) is 6.92 Å². The molecule has 1 aromatic heterocycles. The number of aromatic nitrogens is 2. The lowest BCUT2D eigenvalue weighted by Gasteiger charge is -2.37. The Kier molecular flexibility index (Phi) is 3.55. The SMILES string of the molecule is CCCn1ccc(C(=O)N2CCN3CCCC3C2)n1. The second-order valence-corrected chi connectivity index (χ2v) is 5.55. The molecule has 2 fully saturated rings. The predicted molar refractivity (Wildman–Crippen MR) is 73.0 cm³/mol. The zero-order chi connectivity index (χ0) is 13.2. The summed E-state index contributed by atoms with van der Waals surface area (Å²) in [7, 11) is 0. The van der Waals surface area contributed by atoms with Crippen LogP contribution in [0.5, 0.6) is 0 Å². The third kappa shape index (κ3) is 2.52. The van der Waals surface area contributed by atoms with Gasteiger partial charge in [0.1, 0.15) is 5.69 Å². The molecule has 5 heteroatoms. The van der Waals surface area contributed by atoms with Gasteiger partial charge in [-0.05, 0) is 31.9 Å². The first-order valence-corrected chi connectivity index (χ1v) is 7.34. The molecule has 3 heterocycles. The number of rotatable bonds is 3. The van der Waals surface area contributed by atoms with E-state index in [0.29, 0.717) is 11.7 Å². The number of carbonyl (C=O) groups excluding carboxylic acids is 1. The largest absolute Gasteiger partial charge is 0.334 e. The topological polar surface area (TPSA) is 41.4 Å². The molecule has 0 aliphatic carbocycles. The maximum Gasteiger partial charge on any atom is 0.274 e. The minimum Gasteiger partial charge on any atom is -0.334 e. The quantitative estimate of drug-likeness (QED) is 0.822. The molecular weight excluding hydrogens is 240 g/mol. The average molecular weight is 262 g/mol. The molecule has 0 spiro atoms. The molecule has 1 unspecified atom stereocenters. The monoisotopic (exact) mass is 262 g/mol. The highest BCUT2D eigenvalue weighted by Gasteiger charge is 2.33. The van der Waals surface area contributed by atoms with Gasteiger partial charge < -0.3 is 4.90 Å². The third-order valence-electron chi connectivity index (χ3n) is 4.19. The van der Waals surface area contributed by atoms with Gasteiger partial charge in [0.25, 0.3) is 5.91 Å². The van der Waals surface area contributed by atoms with E-state index in [4.69, 9.17) is 0 Å². The molecule has 3 rings (SSSR count). The van der Waals surface area contributed by atoms with Gasteiger partial charge in [0, 0.05) is 38.4 Å². The van der Waals surface area contributed by atoms with Crippen molar-refractivity contribution in [2.75, 3.05) is 26.2 Å². The van der Waals surface area contributed by atoms with Gasteiger partial charge in [-0.3, -0.25) is 14.4 Å². The maximum absolute atomic E-state index is 12.4. The van der Waals surface area contributed by atoms with E-state index in [1.807, 2.05) is 21.8 Å². The summed E-state index contributed by atoms with van der Waals surface area (Å²) < 4.78 is 1.86. The highest BCUT2D eigenvalue weighted by Crippen LogP contribution is 2.22. The molecule has 0 radical (unpaired) electrons. The van der Waals surface area contributed by atoms with Crippen molar-refractivity contribution < 1.29 is 4.79 Å². The molecule has 1 aromatic rings. The minimum absolute atomic E-state index is 0.0985. The van der Waals surface area contributed by atoms with E-state index in [9.17, 15) is 4.79 Å². The molecule has 1 atom stereocenters. The Morgan fingerprint density at radius 1 is 1.42 bits per heavy atom. The summed E-state index contributed by atoms with van der Waals surface area (Å²) in [6.45, 7) is 6.94. The lowest BCUT2D eigenvalue weighted by Crippen LogP contribution is -2.52. The van der Waals surface area contributed by atoms with Crippen LogP contribution in [0.3, 0.4) is 0 Å². The first-order chi connectivity index (χ1) is 9.28. The van der Waals surface area contributed by atoms with E-state index < -0.39 is 0 Å². The second-order valence-electron chi connectivity index (χ2n) is 5.55. The molecular formula is C14H22N4O. The summed E-state index contributed by atoms with van der Waals surface area (Å²) in [5, 5.41) is 4.37. The molecule has 0 saturated carbocycles. The van der Waals surface area contributed by atoms with E-state index in [1.165, 1.54) is 19.4 Å². The number of hydrogen-bond acceptors (Lipinski definition) is 3. The fraction of sp³-hybridized carbons (Fsp3) is 0.714. The molecule has 0 aromatic carbocycles. The first-order valence-electron chi connectivity index (χ1n) is 7.34. The summed E-state index contributed by atoms with van der Waals surface area (Å²) in [6.07, 6.45) is 5.45. The number of hydrogen-bond donors (Lipinski definition) is 0. The first kappa shape index (κ1) is 12.7. The zero-order valence-electron chi connectivity index (χ0n) is 11.6. The molecule has 5 nitrogen and oxygen atoms in total. The van der Waals surface area contributed by atoms with Crippen LogP contribution in [0.4, 0.5) is 0 Å². The Morgan fingerprint density at radius 3 is 3.16 bits per heavy atom. The van der Waals surface area contributed by atoms with Gasteiger partial charge in [0.05, 0.1) is 0 Å². The molecule has 2 aliphatic heterocycles. The van der Waals surface area contributed by atoms with Crippen molar-refractivity contribution in [1.29, 1.82) is 0 Å². The van der Waals surface area contributed by atoms with Gasteiger partial charge in [0.15, 0.2) is 0 Å². The molecule has 2 aliphatic rings. The standard InChI is InChI=1S/C14H22N4O/c1-2-6-18-8-5-13(15-18)14(19)17-10-9-16-7-3-4-12(16)11-17/h5,8,12H,2-4,6-7,9-11H2,1H3. The summed E-state index contributed by atoms with van der Waals surface area (Å²) in [5.74, 6) is 0.0985. The molecule has 0 N–H and O–H groups in total. The normalized spacial score (nSPS) is 23.6. The molecule has 19 heavy (non-hydrogen) atoms. The van der Waals surface area contributed by atoms with Crippen molar-refractivity contribution in [3.63, 3.8) is 0 Å². The number of amides is 1. The van der Waals surface area contributed by atoms with Crippen molar-refractivity contribution in [1.82, 2.24) is 19.6 Å². The lowest BCUT2D eigenvalue weighted by atomic mass is 10.1. The molecule has 104 valence electrons. The summed E-state index contributed by atoms with van der Waals surface area (Å²) in [4.78, 5) is 16.9. The average Bonchev–Trinajstić information content (AvgIpc) is 3.05. The third-order valence-corrected chi connectivity index (χ3v) is 4.19. The molecule has 1 amide bonds. The Bertz CT molecular complexity index is 456. The number of carbonyl (C=O) groups is 1. The van der Waals surface area contributed by atoms with E-state index in [1.54, 1.807) is 0 Å². The Labute approximate surface area is 114 Å². The minimum atomic E-state index is 0.0985. The number of aryl methyl sites for hydroxylation is 1. The summed E-state index contributed by atoms with van der Waals surface area (Å²) >= 11 is 0. The van der Waals surface area contributed by atoms with Gasteiger partial charge >= 0.3 is 0 Å². The van der Waals surface area contributed by atoms with Crippen LogP contribution in [0.15, 0.2) is 12.3 Å². The van der Waals surface area contributed by atoms with Crippen LogP contribution in [0.2, 0.25) is 0 Å². The zero-order valence-corrected chi connectivity index (χ0v) is 11.6. The highest BCUT2D eigenvalue weighted by atomic mass is 16.2. The van der Waals surface area contributed by atoms with Crippen LogP contribution in [-0.4, -0.2) is 57.7 Å². The summed E-state index contributed by atoms with van der Waals surface area (Å²) in [6, 6.07) is 2.43. The lowest BCUT2D eigenvalue weighted by molar-refractivity contribution is 0.0565. The van der Waals surface area contributed by atoms with E-state index in [2.05, 4.69) is 16.9 Å². The van der Waals surface area contributed by atoms with Crippen LogP contribution < -0.4 is 0 Å². The molecule has 0 bridgehead atoms. The van der Waals surface area contributed by atoms with Crippen LogP contribution >= 0.6 is 0 Å². The van der Waals surface area contributed by atoms with Gasteiger partial charge in [-0.15, -0.1) is 0 Å². The second kappa shape index (κ2) is 5.33. The Morgan fingerprint density at radius 2 is 2.32 bits per heavy atom. The fourth-order valence-corrected chi connectivity index (χ4v) is 3.17. The van der Waals surface area contributed by atoms with E-state index in [0.717, 1.165) is 32.6 Å².